The zero-order valence-electron chi connectivity index (χ0n) is 17.7. The maximum absolute atomic E-state index is 5.59. The molecule has 2 fully saturated rings. The second-order valence-electron chi connectivity index (χ2n) is 7.98. The fourth-order valence-electron chi connectivity index (χ4n) is 4.50. The van der Waals surface area contributed by atoms with Crippen molar-refractivity contribution in [2.75, 3.05) is 47.0 Å². The third-order valence-electron chi connectivity index (χ3n) is 6.16. The van der Waals surface area contributed by atoms with Crippen LogP contribution in [0, 0.1) is 6.92 Å². The smallest absolute Gasteiger partial charge is 0.191 e. The van der Waals surface area contributed by atoms with Gasteiger partial charge < -0.3 is 20.1 Å². The zero-order chi connectivity index (χ0) is 19.8. The molecule has 0 bridgehead atoms. The van der Waals surface area contributed by atoms with Crippen molar-refractivity contribution in [3.63, 3.8) is 0 Å². The van der Waals surface area contributed by atoms with Crippen LogP contribution in [0.2, 0.25) is 0 Å². The molecule has 0 unspecified atom stereocenters. The molecule has 0 amide bonds. The maximum Gasteiger partial charge on any atom is 0.191 e. The Morgan fingerprint density at radius 1 is 1.18 bits per heavy atom. The van der Waals surface area contributed by atoms with Crippen LogP contribution in [0.1, 0.15) is 43.2 Å². The highest BCUT2D eigenvalue weighted by Crippen LogP contribution is 2.33. The average molecular weight is 389 g/mol. The molecule has 2 N–H and O–H groups in total. The molecule has 1 saturated heterocycles. The summed E-state index contributed by atoms with van der Waals surface area (Å²) in [5.74, 6) is 1.76. The van der Waals surface area contributed by atoms with Crippen LogP contribution < -0.4 is 15.4 Å². The van der Waals surface area contributed by atoms with E-state index in [0.29, 0.717) is 6.54 Å². The van der Waals surface area contributed by atoms with Crippen LogP contribution in [0.25, 0.3) is 0 Å². The second-order valence-corrected chi connectivity index (χ2v) is 7.98. The highest BCUT2D eigenvalue weighted by Gasteiger charge is 2.38. The highest BCUT2D eigenvalue weighted by atomic mass is 16.5. The van der Waals surface area contributed by atoms with Crippen LogP contribution in [0.5, 0.6) is 5.75 Å². The quantitative estimate of drug-likeness (QED) is 0.580. The van der Waals surface area contributed by atoms with Crippen molar-refractivity contribution < 1.29 is 9.47 Å². The summed E-state index contributed by atoms with van der Waals surface area (Å²) < 4.78 is 11.1. The Morgan fingerprint density at radius 2 is 1.93 bits per heavy atom. The number of aryl methyl sites for hydroxylation is 1. The Labute approximate surface area is 169 Å². The van der Waals surface area contributed by atoms with E-state index in [1.807, 2.05) is 7.05 Å². The zero-order valence-corrected chi connectivity index (χ0v) is 17.7. The lowest BCUT2D eigenvalue weighted by Gasteiger charge is -2.48. The van der Waals surface area contributed by atoms with Gasteiger partial charge in [0.15, 0.2) is 5.96 Å². The summed E-state index contributed by atoms with van der Waals surface area (Å²) in [6, 6.07) is 6.30. The number of nitrogens with zero attached hydrogens (tertiary/aromatic N) is 2. The van der Waals surface area contributed by atoms with Crippen LogP contribution >= 0.6 is 0 Å². The third kappa shape index (κ3) is 5.17. The molecule has 1 saturated carbocycles. The summed E-state index contributed by atoms with van der Waals surface area (Å²) in [7, 11) is 3.56. The first-order valence-corrected chi connectivity index (χ1v) is 10.6. The minimum absolute atomic E-state index is 0.223. The van der Waals surface area contributed by atoms with Crippen LogP contribution in [-0.2, 0) is 11.3 Å². The van der Waals surface area contributed by atoms with Gasteiger partial charge in [-0.3, -0.25) is 9.89 Å². The molecule has 1 aliphatic carbocycles. The highest BCUT2D eigenvalue weighted by molar-refractivity contribution is 5.79. The maximum atomic E-state index is 5.59. The van der Waals surface area contributed by atoms with Gasteiger partial charge in [-0.25, -0.2) is 0 Å². The van der Waals surface area contributed by atoms with Gasteiger partial charge in [0.1, 0.15) is 5.75 Å². The minimum atomic E-state index is 0.223. The van der Waals surface area contributed by atoms with Crippen LogP contribution in [0.3, 0.4) is 0 Å². The topological polar surface area (TPSA) is 58.1 Å². The average Bonchev–Trinajstić information content (AvgIpc) is 2.75. The molecular formula is C22H36N4O2. The standard InChI is InChI=1S/C22H36N4O2/c1-18-7-8-19(20(15-18)27-3)16-24-21(23-2)25-17-22(9-5-4-6-10-22)26-11-13-28-14-12-26/h7-8,15H,4-6,9-14,16-17H2,1-3H3,(H2,23,24,25). The molecular weight excluding hydrogens is 352 g/mol. The van der Waals surface area contributed by atoms with E-state index in [-0.39, 0.29) is 5.54 Å². The first kappa shape index (κ1) is 20.9. The molecule has 0 aromatic heterocycles. The van der Waals surface area contributed by atoms with Crippen molar-refractivity contribution in [1.29, 1.82) is 0 Å². The van der Waals surface area contributed by atoms with Crippen molar-refractivity contribution in [2.24, 2.45) is 4.99 Å². The summed E-state index contributed by atoms with van der Waals surface area (Å²) >= 11 is 0. The fraction of sp³-hybridized carbons (Fsp3) is 0.682. The summed E-state index contributed by atoms with van der Waals surface area (Å²) in [6.07, 6.45) is 6.48. The Bertz CT molecular complexity index is 650. The Morgan fingerprint density at radius 3 is 2.61 bits per heavy atom. The van der Waals surface area contributed by atoms with Crippen molar-refractivity contribution in [3.8, 4) is 5.75 Å². The van der Waals surface area contributed by atoms with E-state index in [4.69, 9.17) is 9.47 Å². The second kappa shape index (κ2) is 10.1. The van der Waals surface area contributed by atoms with Gasteiger partial charge in [0.05, 0.1) is 20.3 Å². The number of hydrogen-bond acceptors (Lipinski definition) is 4. The third-order valence-corrected chi connectivity index (χ3v) is 6.16. The molecule has 28 heavy (non-hydrogen) atoms. The lowest BCUT2D eigenvalue weighted by molar-refractivity contribution is -0.0352. The minimum Gasteiger partial charge on any atom is -0.496 e. The molecule has 0 atom stereocenters. The van der Waals surface area contributed by atoms with E-state index in [1.54, 1.807) is 7.11 Å². The van der Waals surface area contributed by atoms with Crippen molar-refractivity contribution in [3.05, 3.63) is 29.3 Å². The molecule has 6 nitrogen and oxygen atoms in total. The molecule has 0 radical (unpaired) electrons. The van der Waals surface area contributed by atoms with Crippen molar-refractivity contribution >= 4 is 5.96 Å². The Hall–Kier alpha value is -1.79. The monoisotopic (exact) mass is 388 g/mol. The number of benzene rings is 1. The SMILES string of the molecule is CN=C(NCc1ccc(C)cc1OC)NCC1(N2CCOCC2)CCCCC1. The molecule has 3 rings (SSSR count). The predicted molar refractivity (Wildman–Crippen MR) is 114 cm³/mol. The van der Waals surface area contributed by atoms with Gasteiger partial charge in [0.25, 0.3) is 0 Å². The number of guanidine groups is 1. The molecule has 1 heterocycles. The Kier molecular flexibility index (Phi) is 7.57. The van der Waals surface area contributed by atoms with E-state index in [2.05, 4.69) is 45.6 Å². The van der Waals surface area contributed by atoms with Gasteiger partial charge in [0.2, 0.25) is 0 Å². The van der Waals surface area contributed by atoms with Gasteiger partial charge in [-0.15, -0.1) is 0 Å². The first-order valence-electron chi connectivity index (χ1n) is 10.6. The summed E-state index contributed by atoms with van der Waals surface area (Å²) in [5, 5.41) is 7.07. The van der Waals surface area contributed by atoms with E-state index >= 15 is 0 Å². The normalized spacial score (nSPS) is 20.6. The number of aliphatic imine (C=N–C) groups is 1. The van der Waals surface area contributed by atoms with E-state index in [0.717, 1.165) is 50.1 Å². The van der Waals surface area contributed by atoms with Crippen LogP contribution in [0.4, 0.5) is 0 Å². The van der Waals surface area contributed by atoms with Gasteiger partial charge in [-0.2, -0.15) is 0 Å². The van der Waals surface area contributed by atoms with Crippen molar-refractivity contribution in [2.45, 2.75) is 51.1 Å². The first-order chi connectivity index (χ1) is 13.7. The molecule has 1 aromatic rings. The van der Waals surface area contributed by atoms with Crippen LogP contribution in [-0.4, -0.2) is 63.4 Å². The molecule has 6 heteroatoms. The number of hydrogen-bond donors (Lipinski definition) is 2. The lowest BCUT2D eigenvalue weighted by atomic mass is 9.80. The largest absolute Gasteiger partial charge is 0.496 e. The number of ether oxygens (including phenoxy) is 2. The lowest BCUT2D eigenvalue weighted by Crippen LogP contribution is -2.60. The summed E-state index contributed by atoms with van der Waals surface area (Å²) in [5.41, 5.74) is 2.56. The summed E-state index contributed by atoms with van der Waals surface area (Å²) in [4.78, 5) is 7.10. The van der Waals surface area contributed by atoms with Gasteiger partial charge in [0, 0.05) is 44.3 Å². The number of methoxy groups -OCH3 is 1. The number of morpholine rings is 1. The summed E-state index contributed by atoms with van der Waals surface area (Å²) in [6.45, 7) is 7.47. The molecule has 2 aliphatic rings. The van der Waals surface area contributed by atoms with Gasteiger partial charge in [-0.05, 0) is 31.4 Å². The van der Waals surface area contributed by atoms with E-state index in [1.165, 1.54) is 37.7 Å². The van der Waals surface area contributed by atoms with E-state index in [9.17, 15) is 0 Å². The molecule has 156 valence electrons. The van der Waals surface area contributed by atoms with Gasteiger partial charge >= 0.3 is 0 Å². The fourth-order valence-corrected chi connectivity index (χ4v) is 4.50. The molecule has 1 aromatic carbocycles. The Balaban J connectivity index is 1.60. The predicted octanol–water partition coefficient (Wildman–Crippen LogP) is 2.70. The van der Waals surface area contributed by atoms with Crippen LogP contribution in [0.15, 0.2) is 23.2 Å². The van der Waals surface area contributed by atoms with Gasteiger partial charge in [-0.1, -0.05) is 31.4 Å². The number of nitrogens with one attached hydrogen (secondary N) is 2. The van der Waals surface area contributed by atoms with Crippen molar-refractivity contribution in [1.82, 2.24) is 15.5 Å². The molecule has 0 spiro atoms. The van der Waals surface area contributed by atoms with E-state index < -0.39 is 0 Å². The number of rotatable bonds is 6. The molecule has 1 aliphatic heterocycles.